The summed E-state index contributed by atoms with van der Waals surface area (Å²) in [5, 5.41) is 13.7. The molecule has 2 aromatic carbocycles. The van der Waals surface area contributed by atoms with E-state index in [1.54, 1.807) is 30.5 Å². The number of likely N-dealkylation sites (tertiary alicyclic amines) is 1. The summed E-state index contributed by atoms with van der Waals surface area (Å²) in [7, 11) is 0. The van der Waals surface area contributed by atoms with Crippen LogP contribution in [0.2, 0.25) is 5.02 Å². The topological polar surface area (TPSA) is 142 Å². The summed E-state index contributed by atoms with van der Waals surface area (Å²) in [6.45, 7) is 1.32. The summed E-state index contributed by atoms with van der Waals surface area (Å²) < 4.78 is 0. The molecule has 0 bridgehead atoms. The molecule has 37 heavy (non-hydrogen) atoms. The lowest BCUT2D eigenvalue weighted by atomic mass is 9.91. The number of hydrogen-bond acceptors (Lipinski definition) is 6. The average Bonchev–Trinajstić information content (AvgIpc) is 3.33. The largest absolute Gasteiger partial charge is 0.365 e. The van der Waals surface area contributed by atoms with Gasteiger partial charge in [-0.3, -0.25) is 14.9 Å². The van der Waals surface area contributed by atoms with Gasteiger partial charge in [0.15, 0.2) is 0 Å². The number of nitrogens with one attached hydrogen (secondary N) is 3. The fourth-order valence-electron chi connectivity index (χ4n) is 4.48. The third-order valence-electron chi connectivity index (χ3n) is 6.27. The number of aromatic nitrogens is 4. The second kappa shape index (κ2) is 10.7. The number of rotatable bonds is 6. The van der Waals surface area contributed by atoms with Crippen LogP contribution in [0.1, 0.15) is 34.7 Å². The Morgan fingerprint density at radius 2 is 1.97 bits per heavy atom. The number of hydrogen-bond donors (Lipinski definition) is 4. The highest BCUT2D eigenvalue weighted by Gasteiger charge is 2.25. The number of benzene rings is 2. The number of amides is 3. The number of carbonyl (C=O) groups is 2. The van der Waals surface area contributed by atoms with E-state index in [2.05, 4.69) is 36.9 Å². The summed E-state index contributed by atoms with van der Waals surface area (Å²) in [5.74, 6) is 0.359. The quantitative estimate of drug-likeness (QED) is 0.290. The van der Waals surface area contributed by atoms with Crippen molar-refractivity contribution in [2.24, 2.45) is 5.73 Å². The number of carbonyl (C=O) groups excluding carboxylic acids is 2. The first kappa shape index (κ1) is 24.3. The zero-order chi connectivity index (χ0) is 25.8. The molecule has 1 atom stereocenters. The second-order valence-corrected chi connectivity index (χ2v) is 9.19. The number of H-pyrrole nitrogens is 1. The average molecular weight is 517 g/mol. The van der Waals surface area contributed by atoms with E-state index in [0.29, 0.717) is 46.7 Å². The van der Waals surface area contributed by atoms with E-state index in [0.717, 1.165) is 18.4 Å². The molecule has 10 nitrogen and oxygen atoms in total. The summed E-state index contributed by atoms with van der Waals surface area (Å²) in [6.07, 6.45) is 6.52. The van der Waals surface area contributed by atoms with Gasteiger partial charge in [0.25, 0.3) is 5.91 Å². The van der Waals surface area contributed by atoms with Crippen molar-refractivity contribution in [2.75, 3.05) is 23.7 Å². The molecule has 0 radical (unpaired) electrons. The Balaban J connectivity index is 1.27. The first-order valence-electron chi connectivity index (χ1n) is 11.8. The fourth-order valence-corrected chi connectivity index (χ4v) is 4.68. The van der Waals surface area contributed by atoms with Crippen molar-refractivity contribution < 1.29 is 9.59 Å². The van der Waals surface area contributed by atoms with Gasteiger partial charge in [-0.05, 0) is 42.7 Å². The molecule has 1 unspecified atom stereocenters. The highest BCUT2D eigenvalue weighted by atomic mass is 35.5. The smallest absolute Gasteiger partial charge is 0.321 e. The van der Waals surface area contributed by atoms with Crippen molar-refractivity contribution in [2.45, 2.75) is 18.8 Å². The monoisotopic (exact) mass is 516 g/mol. The van der Waals surface area contributed by atoms with Gasteiger partial charge in [0, 0.05) is 47.7 Å². The van der Waals surface area contributed by atoms with Crippen molar-refractivity contribution in [1.82, 2.24) is 25.1 Å². The number of urea groups is 1. The maximum atomic E-state index is 13.0. The minimum atomic E-state index is -0.646. The van der Waals surface area contributed by atoms with E-state index in [1.807, 2.05) is 23.1 Å². The standard InChI is InChI=1S/C26H25ClN8O2/c27-19-5-1-3-17(13-19)18-4-2-12-35(15-18)26(37)31-20-8-6-16(7-9-20)23-22(24(28)36)25(34-33-23)32-21-14-29-10-11-30-21/h1,3,5-11,13-14,18H,2,4,12,15H2,(H2,28,36)(H,31,37)(H2,30,32,33,34). The number of aromatic amines is 1. The zero-order valence-corrected chi connectivity index (χ0v) is 20.6. The molecule has 2 aromatic heterocycles. The van der Waals surface area contributed by atoms with E-state index in [4.69, 9.17) is 17.3 Å². The first-order chi connectivity index (χ1) is 18.0. The Hall–Kier alpha value is -4.44. The minimum Gasteiger partial charge on any atom is -0.365 e. The molecule has 188 valence electrons. The van der Waals surface area contributed by atoms with E-state index >= 15 is 0 Å². The lowest BCUT2D eigenvalue weighted by Crippen LogP contribution is -2.41. The van der Waals surface area contributed by atoms with Crippen LogP contribution in [-0.4, -0.2) is 50.1 Å². The molecule has 1 aliphatic rings. The Kier molecular flexibility index (Phi) is 7.00. The van der Waals surface area contributed by atoms with Crippen LogP contribution in [0, 0.1) is 0 Å². The molecule has 0 aliphatic carbocycles. The maximum absolute atomic E-state index is 13.0. The Morgan fingerprint density at radius 1 is 1.14 bits per heavy atom. The molecule has 3 amide bonds. The number of nitrogens with zero attached hydrogens (tertiary/aromatic N) is 4. The van der Waals surface area contributed by atoms with Gasteiger partial charge in [0.05, 0.1) is 6.20 Å². The summed E-state index contributed by atoms with van der Waals surface area (Å²) >= 11 is 6.16. The van der Waals surface area contributed by atoms with Crippen LogP contribution >= 0.6 is 11.6 Å². The molecule has 5 rings (SSSR count). The third-order valence-corrected chi connectivity index (χ3v) is 6.50. The highest BCUT2D eigenvalue weighted by Crippen LogP contribution is 2.30. The highest BCUT2D eigenvalue weighted by molar-refractivity contribution is 6.30. The van der Waals surface area contributed by atoms with Crippen LogP contribution in [0.15, 0.2) is 67.1 Å². The number of nitrogens with two attached hydrogens (primary N) is 1. The Morgan fingerprint density at radius 3 is 2.70 bits per heavy atom. The molecule has 0 spiro atoms. The lowest BCUT2D eigenvalue weighted by Gasteiger charge is -2.33. The van der Waals surface area contributed by atoms with Crippen LogP contribution in [0.5, 0.6) is 0 Å². The van der Waals surface area contributed by atoms with E-state index in [-0.39, 0.29) is 17.5 Å². The minimum absolute atomic E-state index is 0.160. The summed E-state index contributed by atoms with van der Waals surface area (Å²) in [4.78, 5) is 35.1. The molecule has 3 heterocycles. The molecule has 1 saturated heterocycles. The number of primary amides is 1. The second-order valence-electron chi connectivity index (χ2n) is 8.75. The number of anilines is 3. The molecular formula is C26H25ClN8O2. The van der Waals surface area contributed by atoms with Gasteiger partial charge in [-0.2, -0.15) is 5.10 Å². The molecule has 1 aliphatic heterocycles. The summed E-state index contributed by atoms with van der Waals surface area (Å²) in [6, 6.07) is 14.7. The molecular weight excluding hydrogens is 492 g/mol. The van der Waals surface area contributed by atoms with E-state index in [1.165, 1.54) is 12.4 Å². The lowest BCUT2D eigenvalue weighted by molar-refractivity contribution is 0.100. The van der Waals surface area contributed by atoms with E-state index < -0.39 is 5.91 Å². The summed E-state index contributed by atoms with van der Waals surface area (Å²) in [5.41, 5.74) is 8.67. The van der Waals surface area contributed by atoms with Crippen LogP contribution in [0.3, 0.4) is 0 Å². The molecule has 0 saturated carbocycles. The van der Waals surface area contributed by atoms with Gasteiger partial charge in [0.1, 0.15) is 22.9 Å². The molecule has 1 fully saturated rings. The van der Waals surface area contributed by atoms with Crippen LogP contribution in [-0.2, 0) is 0 Å². The predicted octanol–water partition coefficient (Wildman–Crippen LogP) is 4.77. The van der Waals surface area contributed by atoms with Crippen LogP contribution in [0.25, 0.3) is 11.3 Å². The van der Waals surface area contributed by atoms with Gasteiger partial charge in [-0.1, -0.05) is 35.9 Å². The first-order valence-corrected chi connectivity index (χ1v) is 12.2. The van der Waals surface area contributed by atoms with Crippen molar-refractivity contribution in [3.8, 4) is 11.3 Å². The normalized spacial score (nSPS) is 15.3. The van der Waals surface area contributed by atoms with Gasteiger partial charge in [-0.25, -0.2) is 9.78 Å². The molecule has 5 N–H and O–H groups in total. The fraction of sp³-hybridized carbons (Fsp3) is 0.192. The van der Waals surface area contributed by atoms with Gasteiger partial charge >= 0.3 is 6.03 Å². The Labute approximate surface area is 218 Å². The maximum Gasteiger partial charge on any atom is 0.321 e. The zero-order valence-electron chi connectivity index (χ0n) is 19.8. The van der Waals surface area contributed by atoms with Crippen molar-refractivity contribution in [3.05, 3.63) is 83.3 Å². The van der Waals surface area contributed by atoms with Gasteiger partial charge in [0.2, 0.25) is 0 Å². The number of piperidine rings is 1. The molecule has 11 heteroatoms. The predicted molar refractivity (Wildman–Crippen MR) is 142 cm³/mol. The van der Waals surface area contributed by atoms with Gasteiger partial charge in [-0.15, -0.1) is 0 Å². The van der Waals surface area contributed by atoms with Crippen molar-refractivity contribution in [3.63, 3.8) is 0 Å². The van der Waals surface area contributed by atoms with Crippen LogP contribution < -0.4 is 16.4 Å². The molecule has 4 aromatic rings. The van der Waals surface area contributed by atoms with Crippen molar-refractivity contribution in [1.29, 1.82) is 0 Å². The van der Waals surface area contributed by atoms with Crippen LogP contribution in [0.4, 0.5) is 22.1 Å². The number of halogens is 1. The van der Waals surface area contributed by atoms with E-state index in [9.17, 15) is 9.59 Å². The third kappa shape index (κ3) is 5.54. The SMILES string of the molecule is NC(=O)c1c(-c2ccc(NC(=O)N3CCCC(c4cccc(Cl)c4)C3)cc2)n[nH]c1Nc1cnccn1. The van der Waals surface area contributed by atoms with Crippen molar-refractivity contribution >= 4 is 40.9 Å². The Bertz CT molecular complexity index is 1410. The van der Waals surface area contributed by atoms with Gasteiger partial charge < -0.3 is 21.3 Å².